The Bertz CT molecular complexity index is 680. The van der Waals surface area contributed by atoms with Gasteiger partial charge in [-0.25, -0.2) is 13.8 Å². The summed E-state index contributed by atoms with van der Waals surface area (Å²) >= 11 is 1.57. The van der Waals surface area contributed by atoms with Crippen molar-refractivity contribution in [3.63, 3.8) is 0 Å². The normalized spacial score (nSPS) is 12.2. The molecular formula is C15H15F2N3S. The second kappa shape index (κ2) is 6.29. The first kappa shape index (κ1) is 15.5. The van der Waals surface area contributed by atoms with Gasteiger partial charge in [-0.05, 0) is 32.9 Å². The third-order valence-electron chi connectivity index (χ3n) is 3.19. The van der Waals surface area contributed by atoms with Crippen molar-refractivity contribution in [2.45, 2.75) is 33.4 Å². The molecule has 0 saturated carbocycles. The summed E-state index contributed by atoms with van der Waals surface area (Å²) in [6, 6.07) is 3.78. The average Bonchev–Trinajstić information content (AvgIpc) is 2.76. The summed E-state index contributed by atoms with van der Waals surface area (Å²) < 4.78 is 27.6. The topological polar surface area (TPSA) is 48.7 Å². The first-order valence-electron chi connectivity index (χ1n) is 6.47. The van der Waals surface area contributed by atoms with Crippen molar-refractivity contribution in [3.8, 4) is 6.07 Å². The van der Waals surface area contributed by atoms with Gasteiger partial charge in [0.1, 0.15) is 11.6 Å². The molecule has 0 amide bonds. The van der Waals surface area contributed by atoms with Gasteiger partial charge in [0.15, 0.2) is 0 Å². The Morgan fingerprint density at radius 2 is 1.95 bits per heavy atom. The Balaban J connectivity index is 2.13. The SMILES string of the molecule is Cc1nc(C)c(C(C)NCc2c(F)cc(C#N)cc2F)s1. The monoisotopic (exact) mass is 307 g/mol. The van der Waals surface area contributed by atoms with Crippen molar-refractivity contribution in [3.05, 3.63) is 50.5 Å². The number of aryl methyl sites for hydroxylation is 2. The second-order valence-corrected chi connectivity index (χ2v) is 6.05. The highest BCUT2D eigenvalue weighted by molar-refractivity contribution is 7.11. The van der Waals surface area contributed by atoms with Crippen LogP contribution in [-0.4, -0.2) is 4.98 Å². The number of rotatable bonds is 4. The molecule has 0 radical (unpaired) electrons. The number of nitrogens with one attached hydrogen (secondary N) is 1. The lowest BCUT2D eigenvalue weighted by Crippen LogP contribution is -2.19. The zero-order valence-electron chi connectivity index (χ0n) is 12.0. The van der Waals surface area contributed by atoms with Gasteiger partial charge in [-0.15, -0.1) is 11.3 Å². The van der Waals surface area contributed by atoms with E-state index in [4.69, 9.17) is 5.26 Å². The van der Waals surface area contributed by atoms with E-state index in [1.165, 1.54) is 0 Å². The third kappa shape index (κ3) is 3.43. The van der Waals surface area contributed by atoms with Crippen molar-refractivity contribution in [2.24, 2.45) is 0 Å². The molecule has 1 aromatic carbocycles. The van der Waals surface area contributed by atoms with Crippen molar-refractivity contribution in [1.82, 2.24) is 10.3 Å². The lowest BCUT2D eigenvalue weighted by Gasteiger charge is -2.14. The van der Waals surface area contributed by atoms with Crippen LogP contribution in [0.4, 0.5) is 8.78 Å². The van der Waals surface area contributed by atoms with Gasteiger partial charge in [0, 0.05) is 23.0 Å². The summed E-state index contributed by atoms with van der Waals surface area (Å²) in [7, 11) is 0. The second-order valence-electron chi connectivity index (χ2n) is 4.82. The van der Waals surface area contributed by atoms with Gasteiger partial charge in [-0.3, -0.25) is 0 Å². The third-order valence-corrected chi connectivity index (χ3v) is 4.44. The number of halogens is 2. The molecule has 21 heavy (non-hydrogen) atoms. The molecule has 0 fully saturated rings. The molecule has 3 nitrogen and oxygen atoms in total. The fraction of sp³-hybridized carbons (Fsp3) is 0.333. The van der Waals surface area contributed by atoms with Crippen LogP contribution >= 0.6 is 11.3 Å². The number of thiazole rings is 1. The highest BCUT2D eigenvalue weighted by Crippen LogP contribution is 2.25. The summed E-state index contributed by atoms with van der Waals surface area (Å²) in [5, 5.41) is 12.7. The predicted octanol–water partition coefficient (Wildman–Crippen LogP) is 3.76. The maximum Gasteiger partial charge on any atom is 0.131 e. The standard InChI is InChI=1S/C15H15F2N3S/c1-8(15-9(2)20-10(3)21-15)19-7-12-13(16)4-11(6-18)5-14(12)17/h4-5,8,19H,7H2,1-3H3. The van der Waals surface area contributed by atoms with Gasteiger partial charge < -0.3 is 5.32 Å². The summed E-state index contributed by atoms with van der Waals surface area (Å²) in [5.74, 6) is -1.41. The predicted molar refractivity (Wildman–Crippen MR) is 77.9 cm³/mol. The lowest BCUT2D eigenvalue weighted by atomic mass is 10.1. The summed E-state index contributed by atoms with van der Waals surface area (Å²) in [6.07, 6.45) is 0. The highest BCUT2D eigenvalue weighted by atomic mass is 32.1. The quantitative estimate of drug-likeness (QED) is 0.935. The summed E-state index contributed by atoms with van der Waals surface area (Å²) in [5.41, 5.74) is 0.855. The minimum absolute atomic E-state index is 0.0178. The molecule has 0 spiro atoms. The molecule has 1 heterocycles. The van der Waals surface area contributed by atoms with Gasteiger partial charge in [-0.2, -0.15) is 5.26 Å². The minimum Gasteiger partial charge on any atom is -0.305 e. The number of nitriles is 1. The molecule has 1 N–H and O–H groups in total. The number of hydrogen-bond acceptors (Lipinski definition) is 4. The number of benzene rings is 1. The lowest BCUT2D eigenvalue weighted by molar-refractivity contribution is 0.510. The van der Waals surface area contributed by atoms with E-state index < -0.39 is 11.6 Å². The van der Waals surface area contributed by atoms with Crippen molar-refractivity contribution < 1.29 is 8.78 Å². The number of hydrogen-bond donors (Lipinski definition) is 1. The molecule has 0 aliphatic carbocycles. The van der Waals surface area contributed by atoms with Gasteiger partial charge >= 0.3 is 0 Å². The number of aromatic nitrogens is 1. The fourth-order valence-electron chi connectivity index (χ4n) is 2.13. The van der Waals surface area contributed by atoms with Crippen LogP contribution in [0, 0.1) is 36.8 Å². The number of nitrogens with zero attached hydrogens (tertiary/aromatic N) is 2. The zero-order chi connectivity index (χ0) is 15.6. The van der Waals surface area contributed by atoms with Crippen molar-refractivity contribution in [2.75, 3.05) is 0 Å². The molecular weight excluding hydrogens is 292 g/mol. The van der Waals surface area contributed by atoms with E-state index in [1.54, 1.807) is 17.4 Å². The van der Waals surface area contributed by atoms with Crippen molar-refractivity contribution in [1.29, 1.82) is 5.26 Å². The molecule has 110 valence electrons. The van der Waals surface area contributed by atoms with Crippen LogP contribution in [0.2, 0.25) is 0 Å². The van der Waals surface area contributed by atoms with Crippen LogP contribution in [0.5, 0.6) is 0 Å². The van der Waals surface area contributed by atoms with E-state index in [-0.39, 0.29) is 23.7 Å². The van der Waals surface area contributed by atoms with Gasteiger partial charge in [0.2, 0.25) is 0 Å². The fourth-order valence-corrected chi connectivity index (χ4v) is 3.09. The molecule has 1 aromatic heterocycles. The summed E-state index contributed by atoms with van der Waals surface area (Å²) in [6.45, 7) is 5.83. The molecule has 0 saturated heterocycles. The highest BCUT2D eigenvalue weighted by Gasteiger charge is 2.16. The average molecular weight is 307 g/mol. The molecule has 0 aliphatic rings. The molecule has 1 unspecified atom stereocenters. The Kier molecular flexibility index (Phi) is 4.66. The molecule has 2 rings (SSSR count). The first-order chi connectivity index (χ1) is 9.92. The smallest absolute Gasteiger partial charge is 0.131 e. The van der Waals surface area contributed by atoms with Crippen LogP contribution in [0.25, 0.3) is 0 Å². The van der Waals surface area contributed by atoms with E-state index in [1.807, 2.05) is 20.8 Å². The molecule has 1 atom stereocenters. The molecule has 6 heteroatoms. The van der Waals surface area contributed by atoms with E-state index >= 15 is 0 Å². The van der Waals surface area contributed by atoms with Crippen molar-refractivity contribution >= 4 is 11.3 Å². The van der Waals surface area contributed by atoms with Crippen LogP contribution in [0.3, 0.4) is 0 Å². The molecule has 0 aliphatic heterocycles. The van der Waals surface area contributed by atoms with Crippen LogP contribution in [-0.2, 0) is 6.54 Å². The molecule has 0 bridgehead atoms. The Labute approximate surface area is 126 Å². The largest absolute Gasteiger partial charge is 0.305 e. The van der Waals surface area contributed by atoms with E-state index in [2.05, 4.69) is 10.3 Å². The van der Waals surface area contributed by atoms with E-state index in [9.17, 15) is 8.78 Å². The van der Waals surface area contributed by atoms with Gasteiger partial charge in [0.05, 0.1) is 22.3 Å². The Hall–Kier alpha value is -1.84. The van der Waals surface area contributed by atoms with Gasteiger partial charge in [-0.1, -0.05) is 0 Å². The van der Waals surface area contributed by atoms with E-state index in [0.717, 1.165) is 27.7 Å². The minimum atomic E-state index is -0.705. The van der Waals surface area contributed by atoms with Crippen LogP contribution in [0.15, 0.2) is 12.1 Å². The summed E-state index contributed by atoms with van der Waals surface area (Å²) in [4.78, 5) is 5.40. The maximum absolute atomic E-state index is 13.8. The van der Waals surface area contributed by atoms with Gasteiger partial charge in [0.25, 0.3) is 0 Å². The Morgan fingerprint density at radius 1 is 1.33 bits per heavy atom. The zero-order valence-corrected chi connectivity index (χ0v) is 12.8. The Morgan fingerprint density at radius 3 is 2.43 bits per heavy atom. The molecule has 2 aromatic rings. The van der Waals surface area contributed by atoms with Crippen LogP contribution in [0.1, 0.15) is 39.7 Å². The first-order valence-corrected chi connectivity index (χ1v) is 7.29. The maximum atomic E-state index is 13.8. The van der Waals surface area contributed by atoms with E-state index in [0.29, 0.717) is 0 Å². The van der Waals surface area contributed by atoms with Crippen LogP contribution < -0.4 is 5.32 Å².